The highest BCUT2D eigenvalue weighted by molar-refractivity contribution is 6.02. The molecule has 4 rings (SSSR count). The van der Waals surface area contributed by atoms with Gasteiger partial charge in [-0.3, -0.25) is 0 Å². The molecule has 0 fully saturated rings. The highest BCUT2D eigenvalue weighted by Crippen LogP contribution is 2.34. The van der Waals surface area contributed by atoms with E-state index in [0.29, 0.717) is 0 Å². The number of anilines is 2. The fraction of sp³-hybridized carbons (Fsp3) is 0.136. The Morgan fingerprint density at radius 1 is 0.920 bits per heavy atom. The van der Waals surface area contributed by atoms with Crippen LogP contribution >= 0.6 is 0 Å². The molecule has 3 aromatic carbocycles. The maximum absolute atomic E-state index is 9.77. The minimum absolute atomic E-state index is 0.00121. The van der Waals surface area contributed by atoms with Gasteiger partial charge >= 0.3 is 0 Å². The average Bonchev–Trinajstić information content (AvgIpc) is 2.63. The number of hydrogen-bond acceptors (Lipinski definition) is 3. The summed E-state index contributed by atoms with van der Waals surface area (Å²) >= 11 is 0. The van der Waals surface area contributed by atoms with Gasteiger partial charge in [0.25, 0.3) is 0 Å². The highest BCUT2D eigenvalue weighted by atomic mass is 16.3. The third-order valence-corrected chi connectivity index (χ3v) is 4.65. The van der Waals surface area contributed by atoms with Gasteiger partial charge in [0.2, 0.25) is 0 Å². The smallest absolute Gasteiger partial charge is 0.0734 e. The fourth-order valence-electron chi connectivity index (χ4n) is 3.23. The van der Waals surface area contributed by atoms with Crippen LogP contribution in [0, 0.1) is 13.8 Å². The number of aliphatic hydroxyl groups is 1. The summed E-state index contributed by atoms with van der Waals surface area (Å²) in [6.45, 7) is 4.11. The first-order valence-corrected chi connectivity index (χ1v) is 8.42. The van der Waals surface area contributed by atoms with Crippen LogP contribution in [0.2, 0.25) is 0 Å². The van der Waals surface area contributed by atoms with Gasteiger partial charge in [0.1, 0.15) is 0 Å². The molecule has 3 nitrogen and oxygen atoms in total. The predicted molar refractivity (Wildman–Crippen MR) is 104 cm³/mol. The second-order valence-electron chi connectivity index (χ2n) is 6.44. The number of benzene rings is 3. The minimum Gasteiger partial charge on any atom is -0.392 e. The van der Waals surface area contributed by atoms with Gasteiger partial charge in [-0.1, -0.05) is 30.3 Å². The summed E-state index contributed by atoms with van der Waals surface area (Å²) < 4.78 is 0. The normalized spacial score (nSPS) is 11.2. The molecular formula is C22H20N2O. The van der Waals surface area contributed by atoms with Crippen LogP contribution in [0.4, 0.5) is 11.4 Å². The van der Waals surface area contributed by atoms with E-state index in [1.54, 1.807) is 0 Å². The summed E-state index contributed by atoms with van der Waals surface area (Å²) in [4.78, 5) is 4.84. The van der Waals surface area contributed by atoms with E-state index < -0.39 is 0 Å². The van der Waals surface area contributed by atoms with E-state index in [0.717, 1.165) is 44.3 Å². The molecule has 0 unspecified atom stereocenters. The van der Waals surface area contributed by atoms with E-state index in [1.165, 1.54) is 5.56 Å². The number of rotatable bonds is 3. The Hall–Kier alpha value is -2.91. The maximum Gasteiger partial charge on any atom is 0.0734 e. The summed E-state index contributed by atoms with van der Waals surface area (Å²) in [5, 5.41) is 15.5. The van der Waals surface area contributed by atoms with E-state index in [4.69, 9.17) is 4.98 Å². The predicted octanol–water partition coefficient (Wildman–Crippen LogP) is 5.24. The number of aryl methyl sites for hydroxylation is 1. The standard InChI is InChI=1S/C22H20N2O/c1-14-8-9-16-11-19-21(24-20(16)10-14)12-17(13-25)15(2)22(19)23-18-6-4-3-5-7-18/h3-12,23,25H,13H2,1-2H3. The third-order valence-electron chi connectivity index (χ3n) is 4.65. The lowest BCUT2D eigenvalue weighted by Gasteiger charge is -2.16. The highest BCUT2D eigenvalue weighted by Gasteiger charge is 2.12. The molecule has 0 aliphatic rings. The van der Waals surface area contributed by atoms with Gasteiger partial charge in [-0.15, -0.1) is 0 Å². The molecular weight excluding hydrogens is 308 g/mol. The molecule has 25 heavy (non-hydrogen) atoms. The molecule has 0 saturated heterocycles. The number of nitrogens with zero attached hydrogens (tertiary/aromatic N) is 1. The van der Waals surface area contributed by atoms with Crippen LogP contribution in [0.1, 0.15) is 16.7 Å². The number of hydrogen-bond donors (Lipinski definition) is 2. The molecule has 0 spiro atoms. The molecule has 4 aromatic rings. The SMILES string of the molecule is Cc1ccc2cc3c(Nc4ccccc4)c(C)c(CO)cc3nc2c1. The van der Waals surface area contributed by atoms with Gasteiger partial charge < -0.3 is 10.4 Å². The first-order valence-electron chi connectivity index (χ1n) is 8.42. The summed E-state index contributed by atoms with van der Waals surface area (Å²) in [5.74, 6) is 0. The van der Waals surface area contributed by atoms with Gasteiger partial charge in [-0.05, 0) is 60.9 Å². The molecule has 1 heterocycles. The van der Waals surface area contributed by atoms with Gasteiger partial charge in [0.15, 0.2) is 0 Å². The van der Waals surface area contributed by atoms with Crippen molar-refractivity contribution in [1.29, 1.82) is 0 Å². The van der Waals surface area contributed by atoms with Gasteiger partial charge in [-0.25, -0.2) is 4.98 Å². The Kier molecular flexibility index (Phi) is 3.86. The number of aromatic nitrogens is 1. The van der Waals surface area contributed by atoms with Crippen LogP contribution < -0.4 is 5.32 Å². The number of aliphatic hydroxyl groups excluding tert-OH is 1. The van der Waals surface area contributed by atoms with Gasteiger partial charge in [0.05, 0.1) is 23.3 Å². The molecule has 124 valence electrons. The van der Waals surface area contributed by atoms with Crippen LogP contribution in [0.3, 0.4) is 0 Å². The first-order chi connectivity index (χ1) is 12.2. The largest absolute Gasteiger partial charge is 0.392 e. The van der Waals surface area contributed by atoms with Gasteiger partial charge in [0, 0.05) is 16.5 Å². The van der Waals surface area contributed by atoms with Gasteiger partial charge in [-0.2, -0.15) is 0 Å². The molecule has 0 aliphatic carbocycles. The zero-order valence-corrected chi connectivity index (χ0v) is 14.4. The summed E-state index contributed by atoms with van der Waals surface area (Å²) in [5.41, 5.74) is 7.03. The fourth-order valence-corrected chi connectivity index (χ4v) is 3.23. The summed E-state index contributed by atoms with van der Waals surface area (Å²) in [6.07, 6.45) is 0. The zero-order chi connectivity index (χ0) is 17.4. The number of pyridine rings is 1. The van der Waals surface area contributed by atoms with Crippen LogP contribution in [-0.4, -0.2) is 10.1 Å². The second-order valence-corrected chi connectivity index (χ2v) is 6.44. The molecule has 3 heteroatoms. The lowest BCUT2D eigenvalue weighted by molar-refractivity contribution is 0.281. The Bertz CT molecular complexity index is 1070. The number of nitrogens with one attached hydrogen (secondary N) is 1. The van der Waals surface area contributed by atoms with Crippen molar-refractivity contribution in [3.05, 3.63) is 77.4 Å². The molecule has 0 bridgehead atoms. The quantitative estimate of drug-likeness (QED) is 0.505. The number of fused-ring (bicyclic) bond motifs is 2. The van der Waals surface area contributed by atoms with Crippen LogP contribution in [-0.2, 0) is 6.61 Å². The van der Waals surface area contributed by atoms with Crippen molar-refractivity contribution in [2.45, 2.75) is 20.5 Å². The van der Waals surface area contributed by atoms with Crippen molar-refractivity contribution in [1.82, 2.24) is 4.98 Å². The van der Waals surface area contributed by atoms with E-state index in [2.05, 4.69) is 36.5 Å². The van der Waals surface area contributed by atoms with Crippen LogP contribution in [0.15, 0.2) is 60.7 Å². The Balaban J connectivity index is 2.00. The lowest BCUT2D eigenvalue weighted by Crippen LogP contribution is -2.00. The van der Waals surface area contributed by atoms with Crippen LogP contribution in [0.25, 0.3) is 21.8 Å². The Morgan fingerprint density at radius 2 is 1.72 bits per heavy atom. The molecule has 0 atom stereocenters. The van der Waals surface area contributed by atoms with Crippen molar-refractivity contribution in [3.63, 3.8) is 0 Å². The van der Waals surface area contributed by atoms with Crippen molar-refractivity contribution in [3.8, 4) is 0 Å². The third kappa shape index (κ3) is 2.83. The van der Waals surface area contributed by atoms with Crippen LogP contribution in [0.5, 0.6) is 0 Å². The lowest BCUT2D eigenvalue weighted by atomic mass is 10.00. The zero-order valence-electron chi connectivity index (χ0n) is 14.4. The molecule has 0 saturated carbocycles. The first kappa shape index (κ1) is 15.6. The molecule has 1 aromatic heterocycles. The molecule has 0 amide bonds. The number of para-hydroxylation sites is 1. The minimum atomic E-state index is -0.00121. The van der Waals surface area contributed by atoms with Crippen molar-refractivity contribution in [2.24, 2.45) is 0 Å². The molecule has 0 radical (unpaired) electrons. The van der Waals surface area contributed by atoms with E-state index in [1.807, 2.05) is 43.3 Å². The molecule has 2 N–H and O–H groups in total. The maximum atomic E-state index is 9.77. The molecule has 0 aliphatic heterocycles. The Labute approximate surface area is 147 Å². The van der Waals surface area contributed by atoms with Crippen molar-refractivity contribution in [2.75, 3.05) is 5.32 Å². The van der Waals surface area contributed by atoms with E-state index in [-0.39, 0.29) is 6.61 Å². The average molecular weight is 328 g/mol. The summed E-state index contributed by atoms with van der Waals surface area (Å²) in [6, 6.07) is 20.6. The summed E-state index contributed by atoms with van der Waals surface area (Å²) in [7, 11) is 0. The Morgan fingerprint density at radius 3 is 2.48 bits per heavy atom. The monoisotopic (exact) mass is 328 g/mol. The topological polar surface area (TPSA) is 45.1 Å². The second kappa shape index (κ2) is 6.19. The van der Waals surface area contributed by atoms with E-state index in [9.17, 15) is 5.11 Å². The van der Waals surface area contributed by atoms with Crippen molar-refractivity contribution < 1.29 is 5.11 Å². The van der Waals surface area contributed by atoms with Crippen molar-refractivity contribution >= 4 is 33.2 Å². The van der Waals surface area contributed by atoms with E-state index >= 15 is 0 Å².